The Morgan fingerprint density at radius 1 is 1.03 bits per heavy atom. The fraction of sp³-hybridized carbons (Fsp3) is 0.379. The second kappa shape index (κ2) is 11.7. The molecule has 5 rings (SSSR count). The van der Waals surface area contributed by atoms with Gasteiger partial charge in [-0.3, -0.25) is 14.6 Å². The second-order valence-corrected chi connectivity index (χ2v) is 9.70. The van der Waals surface area contributed by atoms with Gasteiger partial charge in [0.15, 0.2) is 0 Å². The number of aromatic amines is 1. The first-order chi connectivity index (χ1) is 18.0. The number of aromatic nitrogens is 2. The maximum Gasteiger partial charge on any atom is 0.293 e. The smallest absolute Gasteiger partial charge is 0.293 e. The van der Waals surface area contributed by atoms with Gasteiger partial charge in [-0.25, -0.2) is 9.37 Å². The molecule has 2 aliphatic heterocycles. The second-order valence-electron chi connectivity index (χ2n) is 9.70. The Morgan fingerprint density at radius 2 is 1.68 bits per heavy atom. The molecular weight excluding hydrogens is 471 g/mol. The van der Waals surface area contributed by atoms with E-state index in [4.69, 9.17) is 4.74 Å². The summed E-state index contributed by atoms with van der Waals surface area (Å²) in [4.78, 5) is 22.8. The number of rotatable bonds is 7. The minimum absolute atomic E-state index is 0.0475. The molecule has 1 atom stereocenters. The molecule has 2 fully saturated rings. The van der Waals surface area contributed by atoms with E-state index >= 15 is 0 Å². The summed E-state index contributed by atoms with van der Waals surface area (Å²) >= 11 is 0. The zero-order valence-corrected chi connectivity index (χ0v) is 20.7. The van der Waals surface area contributed by atoms with Crippen molar-refractivity contribution in [2.45, 2.75) is 25.1 Å². The average Bonchev–Trinajstić information content (AvgIpc) is 2.90. The number of benzene rings is 2. The molecule has 0 aliphatic carbocycles. The van der Waals surface area contributed by atoms with Crippen LogP contribution in [0.1, 0.15) is 33.9 Å². The number of alkyl halides is 1. The molecule has 0 amide bonds. The van der Waals surface area contributed by atoms with E-state index in [-0.39, 0.29) is 11.7 Å². The predicted molar refractivity (Wildman–Crippen MR) is 139 cm³/mol. The highest BCUT2D eigenvalue weighted by Crippen LogP contribution is 2.26. The maximum absolute atomic E-state index is 13.4. The van der Waals surface area contributed by atoms with Crippen molar-refractivity contribution in [3.63, 3.8) is 0 Å². The lowest BCUT2D eigenvalue weighted by molar-refractivity contribution is 0.0342. The zero-order chi connectivity index (χ0) is 25.6. The van der Waals surface area contributed by atoms with Gasteiger partial charge < -0.3 is 14.8 Å². The summed E-state index contributed by atoms with van der Waals surface area (Å²) in [5.41, 5.74) is 3.93. The molecule has 2 saturated heterocycles. The molecule has 2 aromatic carbocycles. The molecule has 3 aromatic rings. The van der Waals surface area contributed by atoms with Crippen LogP contribution in [0.15, 0.2) is 59.7 Å². The van der Waals surface area contributed by atoms with Crippen molar-refractivity contribution in [3.8, 4) is 17.6 Å². The van der Waals surface area contributed by atoms with Crippen LogP contribution in [0.25, 0.3) is 0 Å². The average molecular weight is 503 g/mol. The van der Waals surface area contributed by atoms with Crippen LogP contribution in [0.5, 0.6) is 5.75 Å². The number of ether oxygens (including phenoxy) is 1. The summed E-state index contributed by atoms with van der Waals surface area (Å²) in [5, 5.41) is 10.2. The predicted octanol–water partition coefficient (Wildman–Crippen LogP) is 2.69. The molecule has 0 bridgehead atoms. The Morgan fingerprint density at radius 3 is 2.32 bits per heavy atom. The molecular formula is C29H31FN4O3. The Labute approximate surface area is 215 Å². The third kappa shape index (κ3) is 6.63. The fourth-order valence-corrected chi connectivity index (χ4v) is 4.76. The Bertz CT molecular complexity index is 1300. The molecule has 37 heavy (non-hydrogen) atoms. The quantitative estimate of drug-likeness (QED) is 0.484. The van der Waals surface area contributed by atoms with Crippen LogP contribution in [0.3, 0.4) is 0 Å². The Hall–Kier alpha value is -3.51. The first kappa shape index (κ1) is 25.2. The lowest BCUT2D eigenvalue weighted by Crippen LogP contribution is -2.49. The van der Waals surface area contributed by atoms with Crippen LogP contribution in [-0.4, -0.2) is 77.0 Å². The van der Waals surface area contributed by atoms with Gasteiger partial charge in [-0.05, 0) is 35.4 Å². The first-order valence-corrected chi connectivity index (χ1v) is 12.7. The molecule has 3 heterocycles. The van der Waals surface area contributed by atoms with Crippen LogP contribution in [0, 0.1) is 11.8 Å². The van der Waals surface area contributed by atoms with Gasteiger partial charge in [0.2, 0.25) is 5.75 Å². The highest BCUT2D eigenvalue weighted by molar-refractivity contribution is 5.44. The normalized spacial score (nSPS) is 17.5. The third-order valence-electron chi connectivity index (χ3n) is 6.93. The SMILES string of the molecule is O=c1[nH]cnc(CC(CN2CC(F)C2)c2ccc(C#Cc3ccc(CN4CCOCC4)cc3)cc2)c1O. The molecule has 192 valence electrons. The van der Waals surface area contributed by atoms with Crippen molar-refractivity contribution in [3.05, 3.63) is 93.2 Å². The maximum atomic E-state index is 13.4. The summed E-state index contributed by atoms with van der Waals surface area (Å²) in [7, 11) is 0. The van der Waals surface area contributed by atoms with E-state index < -0.39 is 11.7 Å². The number of morpholine rings is 1. The number of hydrogen-bond acceptors (Lipinski definition) is 6. The summed E-state index contributed by atoms with van der Waals surface area (Å²) in [6.07, 6.45) is 0.881. The molecule has 0 spiro atoms. The van der Waals surface area contributed by atoms with Crippen LogP contribution in [0.4, 0.5) is 4.39 Å². The zero-order valence-electron chi connectivity index (χ0n) is 20.7. The van der Waals surface area contributed by atoms with E-state index in [9.17, 15) is 14.3 Å². The van der Waals surface area contributed by atoms with Crippen LogP contribution in [0.2, 0.25) is 0 Å². The van der Waals surface area contributed by atoms with Crippen molar-refractivity contribution in [1.82, 2.24) is 19.8 Å². The van der Waals surface area contributed by atoms with Gasteiger partial charge >= 0.3 is 0 Å². The van der Waals surface area contributed by atoms with Gasteiger partial charge in [0.1, 0.15) is 6.17 Å². The first-order valence-electron chi connectivity index (χ1n) is 12.7. The minimum atomic E-state index is -0.794. The van der Waals surface area contributed by atoms with Crippen molar-refractivity contribution >= 4 is 0 Å². The molecule has 1 unspecified atom stereocenters. The Kier molecular flexibility index (Phi) is 7.95. The molecule has 2 N–H and O–H groups in total. The van der Waals surface area contributed by atoms with E-state index in [0.717, 1.165) is 49.5 Å². The molecule has 8 heteroatoms. The molecule has 0 radical (unpaired) electrons. The summed E-state index contributed by atoms with van der Waals surface area (Å²) < 4.78 is 18.8. The lowest BCUT2D eigenvalue weighted by Gasteiger charge is -2.37. The van der Waals surface area contributed by atoms with Gasteiger partial charge in [0.05, 0.1) is 25.2 Å². The number of H-pyrrole nitrogens is 1. The number of nitrogens with zero attached hydrogens (tertiary/aromatic N) is 3. The van der Waals surface area contributed by atoms with Crippen molar-refractivity contribution < 1.29 is 14.2 Å². The highest BCUT2D eigenvalue weighted by atomic mass is 19.1. The van der Waals surface area contributed by atoms with Gasteiger partial charge in [-0.2, -0.15) is 0 Å². The number of aromatic hydroxyl groups is 1. The van der Waals surface area contributed by atoms with E-state index in [0.29, 0.717) is 31.7 Å². The van der Waals surface area contributed by atoms with Crippen molar-refractivity contribution in [1.29, 1.82) is 0 Å². The molecule has 2 aliphatic rings. The monoisotopic (exact) mass is 502 g/mol. The molecule has 1 aromatic heterocycles. The number of likely N-dealkylation sites (tertiary alicyclic amines) is 1. The number of halogens is 1. The number of nitrogens with one attached hydrogen (secondary N) is 1. The topological polar surface area (TPSA) is 81.7 Å². The summed E-state index contributed by atoms with van der Waals surface area (Å²) in [5.74, 6) is 6.05. The molecule has 0 saturated carbocycles. The Balaban J connectivity index is 1.26. The van der Waals surface area contributed by atoms with Gasteiger partial charge in [-0.15, -0.1) is 0 Å². The van der Waals surface area contributed by atoms with Crippen molar-refractivity contribution in [2.75, 3.05) is 45.9 Å². The summed E-state index contributed by atoms with van der Waals surface area (Å²) in [6.45, 7) is 5.88. The van der Waals surface area contributed by atoms with Gasteiger partial charge in [-0.1, -0.05) is 36.1 Å². The fourth-order valence-electron chi connectivity index (χ4n) is 4.76. The van der Waals surface area contributed by atoms with Crippen molar-refractivity contribution in [2.24, 2.45) is 0 Å². The van der Waals surface area contributed by atoms with E-state index in [1.54, 1.807) is 0 Å². The third-order valence-corrected chi connectivity index (χ3v) is 6.93. The standard InChI is InChI=1S/C29H31FN4O3/c30-26-18-34(19-26)17-25(15-27-28(35)29(36)32-20-31-27)24-9-7-22(8-10-24)2-1-21-3-5-23(6-4-21)16-33-11-13-37-14-12-33/h3-10,20,25-26,35H,11-19H2,(H,31,32,36). The van der Waals surface area contributed by atoms with Gasteiger partial charge in [0.25, 0.3) is 5.56 Å². The molecule has 7 nitrogen and oxygen atoms in total. The van der Waals surface area contributed by atoms with Gasteiger partial charge in [0, 0.05) is 62.7 Å². The van der Waals surface area contributed by atoms with E-state index in [1.807, 2.05) is 29.2 Å². The largest absolute Gasteiger partial charge is 0.502 e. The van der Waals surface area contributed by atoms with Crippen LogP contribution < -0.4 is 5.56 Å². The van der Waals surface area contributed by atoms with E-state index in [1.165, 1.54) is 11.9 Å². The minimum Gasteiger partial charge on any atom is -0.502 e. The summed E-state index contributed by atoms with van der Waals surface area (Å²) in [6, 6.07) is 16.3. The van der Waals surface area contributed by atoms with Crippen LogP contribution in [-0.2, 0) is 17.7 Å². The highest BCUT2D eigenvalue weighted by Gasteiger charge is 2.29. The number of hydrogen-bond donors (Lipinski definition) is 2. The van der Waals surface area contributed by atoms with E-state index in [2.05, 4.69) is 51.0 Å². The van der Waals surface area contributed by atoms with Crippen LogP contribution >= 0.6 is 0 Å². The lowest BCUT2D eigenvalue weighted by atomic mass is 9.91.